The number of ether oxygens (including phenoxy) is 1. The number of benzene rings is 2. The summed E-state index contributed by atoms with van der Waals surface area (Å²) < 4.78 is 120. The molecule has 0 unspecified atom stereocenters. The summed E-state index contributed by atoms with van der Waals surface area (Å²) in [5.41, 5.74) is -5.25. The summed E-state index contributed by atoms with van der Waals surface area (Å²) in [7, 11) is 10.5. The van der Waals surface area contributed by atoms with Crippen LogP contribution >= 0.6 is 0 Å². The van der Waals surface area contributed by atoms with Crippen LogP contribution < -0.4 is 16.0 Å². The number of carbonyl (C=O) groups is 12. The average Bonchev–Trinajstić information content (AvgIpc) is 1.75. The maximum atomic E-state index is 15.4. The Morgan fingerprint density at radius 3 is 1.87 bits per heavy atom. The zero-order chi connectivity index (χ0) is 78.1. The molecule has 105 heavy (non-hydrogen) atoms. The summed E-state index contributed by atoms with van der Waals surface area (Å²) in [6.45, 7) is 4.26. The maximum Gasteiger partial charge on any atom is 0.422 e. The number of halogens is 8. The second kappa shape index (κ2) is 35.1. The topological polar surface area (TPSA) is 279 Å². The molecule has 0 radical (unpaired) electrons. The number of likely N-dealkylation sites (N-methyl/N-ethyl adjacent to an activating group) is 7. The van der Waals surface area contributed by atoms with Crippen molar-refractivity contribution in [3.05, 3.63) is 82.4 Å². The first-order valence-corrected chi connectivity index (χ1v) is 35.4. The predicted molar refractivity (Wildman–Crippen MR) is 365 cm³/mol. The molecule has 7 rings (SSSR count). The van der Waals surface area contributed by atoms with Crippen LogP contribution in [0.15, 0.2) is 48.6 Å². The molecule has 5 aliphatic rings. The normalized spacial score (nSPS) is 26.4. The number of nitrogens with one attached hydrogen (secondary N) is 3. The van der Waals surface area contributed by atoms with Crippen molar-refractivity contribution < 1.29 is 97.4 Å². The Kier molecular flexibility index (Phi) is 27.9. The number of fused-ring (bicyclic) bond motifs is 3. The zero-order valence-electron chi connectivity index (χ0n) is 61.5. The lowest BCUT2D eigenvalue weighted by Gasteiger charge is -2.46. The molecular formula is C72H98F8N12O13. The third-order valence-electron chi connectivity index (χ3n) is 21.2. The largest absolute Gasteiger partial charge is 0.422 e. The molecule has 25 nitrogen and oxygen atoms in total. The minimum Gasteiger partial charge on any atom is -0.377 e. The average molecular weight is 1490 g/mol. The van der Waals surface area contributed by atoms with E-state index < -0.39 is 222 Å². The summed E-state index contributed by atoms with van der Waals surface area (Å²) in [6.07, 6.45) is -7.50. The van der Waals surface area contributed by atoms with E-state index in [1.807, 2.05) is 0 Å². The molecule has 2 aliphatic carbocycles. The van der Waals surface area contributed by atoms with E-state index in [4.69, 9.17) is 4.74 Å². The number of aryl methyl sites for hydroxylation is 1. The fourth-order valence-corrected chi connectivity index (χ4v) is 14.4. The highest BCUT2D eigenvalue weighted by Gasteiger charge is 2.54. The van der Waals surface area contributed by atoms with Crippen LogP contribution in [0.2, 0.25) is 0 Å². The molecule has 580 valence electrons. The summed E-state index contributed by atoms with van der Waals surface area (Å²) in [5, 5.41) is 8.14. The first kappa shape index (κ1) is 83.5. The van der Waals surface area contributed by atoms with Crippen LogP contribution in [0.3, 0.4) is 0 Å². The molecule has 3 aliphatic heterocycles. The summed E-state index contributed by atoms with van der Waals surface area (Å²) in [4.78, 5) is 188. The summed E-state index contributed by atoms with van der Waals surface area (Å²) >= 11 is 0. The Hall–Kier alpha value is -8.78. The maximum absolute atomic E-state index is 15.4. The quantitative estimate of drug-likeness (QED) is 0.203. The van der Waals surface area contributed by atoms with Crippen LogP contribution in [-0.4, -0.2) is 264 Å². The Morgan fingerprint density at radius 2 is 1.30 bits per heavy atom. The fourth-order valence-electron chi connectivity index (χ4n) is 14.4. The van der Waals surface area contributed by atoms with Gasteiger partial charge in [-0.2, -0.15) is 26.3 Å². The van der Waals surface area contributed by atoms with Gasteiger partial charge in [-0.25, -0.2) is 8.78 Å². The SMILES string of the molecule is CCO[C@@H]1C[C@H]2C(=O)NC3(CCC3)C(=O)N(C)[C@@H](C3CCCC3)C(=O)N(C)[C@H](C(=O)N(C)C)CC(=O)N(C)[C@@H](C)C(=O)N[C@@H]([C@@H](C)CC)C(=O)N(C)CC(=O)N(C)[C@H]3C/C=C\CCN(C3=O)[C@@H](Cc3ccc(C(F)(F)F)cc3)C(=O)N(C)CC(=O)N[C@@H](CCc3cc(F)c(C(F)(F)F)c(F)c3)C(=O)N2C1. The van der Waals surface area contributed by atoms with E-state index in [-0.39, 0.29) is 57.4 Å². The van der Waals surface area contributed by atoms with E-state index in [9.17, 15) is 55.1 Å². The van der Waals surface area contributed by atoms with Crippen molar-refractivity contribution in [3.8, 4) is 0 Å². The van der Waals surface area contributed by atoms with Gasteiger partial charge in [0.15, 0.2) is 0 Å². The Balaban J connectivity index is 1.33. The van der Waals surface area contributed by atoms with Crippen molar-refractivity contribution in [2.24, 2.45) is 11.8 Å². The van der Waals surface area contributed by atoms with Gasteiger partial charge < -0.3 is 64.8 Å². The van der Waals surface area contributed by atoms with Gasteiger partial charge in [0.25, 0.3) is 0 Å². The molecule has 4 fully saturated rings. The summed E-state index contributed by atoms with van der Waals surface area (Å²) in [6, 6.07) is -7.35. The second-order valence-electron chi connectivity index (χ2n) is 28.5. The number of amides is 12. The fraction of sp³-hybridized carbons (Fsp3) is 0.639. The lowest BCUT2D eigenvalue weighted by atomic mass is 9.74. The van der Waals surface area contributed by atoms with Crippen LogP contribution in [0.1, 0.15) is 133 Å². The standard InChI is InChI=1S/C72H98F8N12O13/c1-13-41(3)59-67(102)86(8)40-57(95)88(10)51-23-16-15-19-32-91(66(51)101)54(35-43-24-27-46(28-25-43)71(75,76)77)65(100)85(7)39-55(93)81-50(29-26-44-33-48(73)58(49(74)34-44)72(78,79)80)63(98)92-38-47(105-14-2)36-52(92)62(97)83-70(30-20-31-70)69(104)90(12)60(45-21-17-18-22-45)68(103)89(11)53(64(99)84(5)6)37-56(94)87(9)42(4)61(96)82-59/h15-16,24-25,27-28,33-34,41-42,45,47,50-54,59-60H,13-14,17-23,26,29-32,35-40H2,1-12H3,(H,81,93)(H,82,96)(H,83,97)/b16-15-/t41-,42-,47+,50-,51-,52-,53-,54-,59-,60-/m0/s1. The Bertz CT molecular complexity index is 3570. The molecule has 33 heteroatoms. The lowest BCUT2D eigenvalue weighted by molar-refractivity contribution is -0.157. The highest BCUT2D eigenvalue weighted by atomic mass is 19.4. The zero-order valence-corrected chi connectivity index (χ0v) is 61.5. The molecule has 0 aromatic heterocycles. The van der Waals surface area contributed by atoms with E-state index >= 15 is 37.5 Å². The van der Waals surface area contributed by atoms with Gasteiger partial charge in [0.2, 0.25) is 70.9 Å². The molecule has 2 aromatic rings. The van der Waals surface area contributed by atoms with E-state index in [1.54, 1.807) is 32.9 Å². The third-order valence-corrected chi connectivity index (χ3v) is 21.2. The van der Waals surface area contributed by atoms with Crippen LogP contribution in [0.4, 0.5) is 35.1 Å². The molecule has 2 bridgehead atoms. The van der Waals surface area contributed by atoms with Gasteiger partial charge in [-0.3, -0.25) is 57.5 Å². The van der Waals surface area contributed by atoms with Crippen molar-refractivity contribution in [1.82, 2.24) is 60.0 Å². The number of hydrogen-bond acceptors (Lipinski definition) is 13. The Morgan fingerprint density at radius 1 is 0.686 bits per heavy atom. The number of alkyl halides is 6. The van der Waals surface area contributed by atoms with E-state index in [0.29, 0.717) is 50.7 Å². The van der Waals surface area contributed by atoms with Gasteiger partial charge in [0.05, 0.1) is 31.2 Å². The van der Waals surface area contributed by atoms with Gasteiger partial charge in [-0.1, -0.05) is 57.4 Å². The first-order valence-electron chi connectivity index (χ1n) is 35.4. The molecule has 2 saturated heterocycles. The van der Waals surface area contributed by atoms with Crippen LogP contribution in [0.25, 0.3) is 0 Å². The van der Waals surface area contributed by atoms with Crippen molar-refractivity contribution in [3.63, 3.8) is 0 Å². The molecule has 1 spiro atoms. The number of carbonyl (C=O) groups excluding carboxylic acids is 12. The van der Waals surface area contributed by atoms with Crippen LogP contribution in [0, 0.1) is 23.5 Å². The van der Waals surface area contributed by atoms with Gasteiger partial charge in [0.1, 0.15) is 71.1 Å². The van der Waals surface area contributed by atoms with Gasteiger partial charge in [0, 0.05) is 88.9 Å². The highest BCUT2D eigenvalue weighted by Crippen LogP contribution is 2.40. The highest BCUT2D eigenvalue weighted by molar-refractivity contribution is 6.01. The van der Waals surface area contributed by atoms with Crippen molar-refractivity contribution in [2.75, 3.05) is 89.2 Å². The van der Waals surface area contributed by atoms with E-state index in [0.717, 1.165) is 65.6 Å². The van der Waals surface area contributed by atoms with Gasteiger partial charge in [-0.15, -0.1) is 0 Å². The molecule has 2 aromatic carbocycles. The molecule has 2 saturated carbocycles. The van der Waals surface area contributed by atoms with E-state index in [1.165, 1.54) is 66.1 Å². The molecule has 3 heterocycles. The van der Waals surface area contributed by atoms with Gasteiger partial charge in [-0.05, 0) is 119 Å². The Labute approximate surface area is 606 Å². The van der Waals surface area contributed by atoms with Crippen molar-refractivity contribution in [1.29, 1.82) is 0 Å². The summed E-state index contributed by atoms with van der Waals surface area (Å²) in [5.74, 6) is -15.2. The van der Waals surface area contributed by atoms with Crippen molar-refractivity contribution >= 4 is 70.9 Å². The molecule has 12 amide bonds. The number of rotatable bonds is 11. The number of nitrogens with zero attached hydrogens (tertiary/aromatic N) is 9. The molecular weight excluding hydrogens is 1390 g/mol. The molecule has 10 atom stereocenters. The van der Waals surface area contributed by atoms with Crippen molar-refractivity contribution in [2.45, 2.75) is 196 Å². The minimum atomic E-state index is -5.46. The van der Waals surface area contributed by atoms with E-state index in [2.05, 4.69) is 16.0 Å². The minimum absolute atomic E-state index is 0.0345. The molecule has 3 N–H and O–H groups in total. The van der Waals surface area contributed by atoms with Crippen LogP contribution in [0.5, 0.6) is 0 Å². The predicted octanol–water partition coefficient (Wildman–Crippen LogP) is 4.71. The first-order chi connectivity index (χ1) is 49.2. The number of hydrogen-bond donors (Lipinski definition) is 3. The lowest BCUT2D eigenvalue weighted by Crippen LogP contribution is -2.68. The van der Waals surface area contributed by atoms with Crippen LogP contribution in [-0.2, 0) is 87.5 Å². The van der Waals surface area contributed by atoms with Gasteiger partial charge >= 0.3 is 12.4 Å². The monoisotopic (exact) mass is 1490 g/mol. The smallest absolute Gasteiger partial charge is 0.377 e. The third kappa shape index (κ3) is 19.6. The second-order valence-corrected chi connectivity index (χ2v) is 28.5.